The zero-order valence-electron chi connectivity index (χ0n) is 34.6. The summed E-state index contributed by atoms with van der Waals surface area (Å²) >= 11 is 3.82. The normalized spacial score (nSPS) is 16.4. The number of benzene rings is 8. The minimum atomic E-state index is -0.0599. The lowest BCUT2D eigenvalue weighted by atomic mass is 9.76. The number of rotatable bonds is 7. The predicted octanol–water partition coefficient (Wildman–Crippen LogP) is 16.4. The maximum absolute atomic E-state index is 5.44. The van der Waals surface area contributed by atoms with Gasteiger partial charge in [-0.2, -0.15) is 0 Å². The van der Waals surface area contributed by atoms with Crippen LogP contribution in [0.5, 0.6) is 0 Å². The lowest BCUT2D eigenvalue weighted by Gasteiger charge is -2.28. The highest BCUT2D eigenvalue weighted by Crippen LogP contribution is 2.53. The van der Waals surface area contributed by atoms with Crippen LogP contribution < -0.4 is 0 Å². The van der Waals surface area contributed by atoms with Gasteiger partial charge in [-0.15, -0.1) is 23.1 Å². The predicted molar refractivity (Wildman–Crippen MR) is 268 cm³/mol. The Hall–Kier alpha value is -7.11. The van der Waals surface area contributed by atoms with Gasteiger partial charge in [0.15, 0.2) is 5.82 Å². The monoisotopic (exact) mass is 840 g/mol. The fourth-order valence-electron chi connectivity index (χ4n) is 9.33. The van der Waals surface area contributed by atoms with Gasteiger partial charge in [0.25, 0.3) is 0 Å². The van der Waals surface area contributed by atoms with Crippen LogP contribution in [0.1, 0.15) is 12.5 Å². The molecule has 10 aromatic rings. The van der Waals surface area contributed by atoms with Crippen molar-refractivity contribution in [3.05, 3.63) is 224 Å². The van der Waals surface area contributed by atoms with Gasteiger partial charge >= 0.3 is 0 Å². The lowest BCUT2D eigenvalue weighted by molar-refractivity contribution is 0.620. The summed E-state index contributed by atoms with van der Waals surface area (Å²) < 4.78 is 2.60. The van der Waals surface area contributed by atoms with Crippen LogP contribution >= 0.6 is 23.1 Å². The average molecular weight is 841 g/mol. The zero-order valence-corrected chi connectivity index (χ0v) is 36.2. The summed E-state index contributed by atoms with van der Waals surface area (Å²) in [5.41, 5.74) is 15.5. The first-order valence-electron chi connectivity index (χ1n) is 21.5. The van der Waals surface area contributed by atoms with Gasteiger partial charge in [0, 0.05) is 52.4 Å². The molecular formula is C59H40N2S2. The quantitative estimate of drug-likeness (QED) is 0.160. The maximum atomic E-state index is 5.44. The van der Waals surface area contributed by atoms with Crippen molar-refractivity contribution in [2.75, 3.05) is 0 Å². The second-order valence-corrected chi connectivity index (χ2v) is 19.0. The third-order valence-electron chi connectivity index (χ3n) is 12.7. The molecule has 0 N–H and O–H groups in total. The van der Waals surface area contributed by atoms with E-state index in [1.807, 2.05) is 23.1 Å². The van der Waals surface area contributed by atoms with Crippen LogP contribution in [-0.4, -0.2) is 15.2 Å². The first-order valence-corrected chi connectivity index (χ1v) is 23.2. The van der Waals surface area contributed by atoms with E-state index in [1.165, 1.54) is 52.9 Å². The van der Waals surface area contributed by atoms with Crippen LogP contribution in [0.2, 0.25) is 0 Å². The van der Waals surface area contributed by atoms with Crippen molar-refractivity contribution < 1.29 is 0 Å². The molecule has 298 valence electrons. The fraction of sp³-hybridized carbons (Fsp3) is 0.0508. The molecule has 0 saturated carbocycles. The van der Waals surface area contributed by atoms with Crippen molar-refractivity contribution in [2.24, 2.45) is 0 Å². The summed E-state index contributed by atoms with van der Waals surface area (Å²) in [6, 6.07) is 70.4. The van der Waals surface area contributed by atoms with Crippen LogP contribution in [0.4, 0.5) is 0 Å². The first kappa shape index (κ1) is 37.6. The van der Waals surface area contributed by atoms with Crippen molar-refractivity contribution in [3.63, 3.8) is 0 Å². The molecule has 1 aliphatic heterocycles. The molecule has 2 unspecified atom stereocenters. The Kier molecular flexibility index (Phi) is 9.17. The molecule has 2 aromatic heterocycles. The standard InChI is InChI=1S/C59H40N2S2/c1-59-29-11-10-24-57(59)63-56-28-26-44(36-51(56)59)47-32-46(43-25-27-55-50(35-43)49-22-8-9-23-54(49)62-55)33-48(34-47)58-60-52(39-16-6-3-7-17-39)37-53(61-58)45-21-13-20-42(31-45)41-19-12-18-40(30-41)38-14-4-2-5-15-38/h2-37,57H,1H3. The van der Waals surface area contributed by atoms with Crippen LogP contribution in [-0.2, 0) is 5.41 Å². The van der Waals surface area contributed by atoms with Gasteiger partial charge in [-0.3, -0.25) is 0 Å². The van der Waals surface area contributed by atoms with E-state index in [1.54, 1.807) is 0 Å². The second kappa shape index (κ2) is 15.4. The number of hydrogen-bond donors (Lipinski definition) is 0. The number of thioether (sulfide) groups is 1. The number of fused-ring (bicyclic) bond motifs is 6. The Morgan fingerprint density at radius 3 is 1.75 bits per heavy atom. The number of aromatic nitrogens is 2. The molecule has 0 amide bonds. The molecule has 12 rings (SSSR count). The van der Waals surface area contributed by atoms with Crippen molar-refractivity contribution in [1.82, 2.24) is 9.97 Å². The zero-order chi connectivity index (χ0) is 41.9. The molecule has 2 aliphatic rings. The van der Waals surface area contributed by atoms with Crippen LogP contribution in [0, 0.1) is 0 Å². The molecule has 0 spiro atoms. The fourth-order valence-corrected chi connectivity index (χ4v) is 11.9. The molecule has 1 aliphatic carbocycles. The Labute approximate surface area is 376 Å². The van der Waals surface area contributed by atoms with E-state index in [0.717, 1.165) is 50.3 Å². The van der Waals surface area contributed by atoms with Gasteiger partial charge in [0.2, 0.25) is 0 Å². The van der Waals surface area contributed by atoms with Gasteiger partial charge in [-0.25, -0.2) is 9.97 Å². The molecule has 2 atom stereocenters. The van der Waals surface area contributed by atoms with Crippen molar-refractivity contribution in [3.8, 4) is 78.4 Å². The molecule has 2 nitrogen and oxygen atoms in total. The molecule has 3 heterocycles. The highest BCUT2D eigenvalue weighted by atomic mass is 32.2. The molecule has 0 radical (unpaired) electrons. The lowest BCUT2D eigenvalue weighted by Crippen LogP contribution is -2.28. The maximum Gasteiger partial charge on any atom is 0.160 e. The number of thiophene rings is 1. The van der Waals surface area contributed by atoms with E-state index in [0.29, 0.717) is 11.1 Å². The van der Waals surface area contributed by atoms with Gasteiger partial charge < -0.3 is 0 Å². The molecule has 63 heavy (non-hydrogen) atoms. The Morgan fingerprint density at radius 2 is 0.968 bits per heavy atom. The Morgan fingerprint density at radius 1 is 0.413 bits per heavy atom. The smallest absolute Gasteiger partial charge is 0.160 e. The van der Waals surface area contributed by atoms with Gasteiger partial charge in [-0.05, 0) is 117 Å². The molecule has 0 fully saturated rings. The van der Waals surface area contributed by atoms with E-state index >= 15 is 0 Å². The highest BCUT2D eigenvalue weighted by Gasteiger charge is 2.41. The molecule has 0 saturated heterocycles. The van der Waals surface area contributed by atoms with E-state index in [9.17, 15) is 0 Å². The van der Waals surface area contributed by atoms with Crippen molar-refractivity contribution >= 4 is 43.3 Å². The summed E-state index contributed by atoms with van der Waals surface area (Å²) in [6.07, 6.45) is 9.11. The minimum Gasteiger partial charge on any atom is -0.228 e. The van der Waals surface area contributed by atoms with Crippen LogP contribution in [0.25, 0.3) is 98.6 Å². The third kappa shape index (κ3) is 6.83. The topological polar surface area (TPSA) is 25.8 Å². The Bertz CT molecular complexity index is 3460. The summed E-state index contributed by atoms with van der Waals surface area (Å²) in [5, 5.41) is 2.96. The Balaban J connectivity index is 1.03. The summed E-state index contributed by atoms with van der Waals surface area (Å²) in [4.78, 5) is 12.2. The van der Waals surface area contributed by atoms with Crippen LogP contribution in [0.15, 0.2) is 223 Å². The third-order valence-corrected chi connectivity index (χ3v) is 15.4. The minimum absolute atomic E-state index is 0.0599. The molecule has 0 bridgehead atoms. The van der Waals surface area contributed by atoms with E-state index in [-0.39, 0.29) is 5.41 Å². The summed E-state index contributed by atoms with van der Waals surface area (Å²) in [5.74, 6) is 0.692. The largest absolute Gasteiger partial charge is 0.228 e. The number of allylic oxidation sites excluding steroid dienone is 3. The van der Waals surface area contributed by atoms with Gasteiger partial charge in [-0.1, -0.05) is 159 Å². The SMILES string of the molecule is CC12C=CC=CC1Sc1ccc(-c3cc(-c4ccc5sc6ccccc6c5c4)cc(-c4nc(-c5ccccc5)cc(-c5cccc(-c6cccc(-c7ccccc7)c6)c5)n4)c3)cc12. The van der Waals surface area contributed by atoms with E-state index in [4.69, 9.17) is 9.97 Å². The van der Waals surface area contributed by atoms with Crippen molar-refractivity contribution in [1.29, 1.82) is 0 Å². The average Bonchev–Trinajstić information content (AvgIpc) is 3.88. The molecular weight excluding hydrogens is 801 g/mol. The summed E-state index contributed by atoms with van der Waals surface area (Å²) in [6.45, 7) is 2.38. The van der Waals surface area contributed by atoms with Crippen LogP contribution in [0.3, 0.4) is 0 Å². The molecule has 4 heteroatoms. The van der Waals surface area contributed by atoms with Crippen molar-refractivity contribution in [2.45, 2.75) is 22.5 Å². The van der Waals surface area contributed by atoms with Gasteiger partial charge in [0.05, 0.1) is 11.4 Å². The van der Waals surface area contributed by atoms with E-state index < -0.39 is 0 Å². The second-order valence-electron chi connectivity index (χ2n) is 16.7. The van der Waals surface area contributed by atoms with E-state index in [2.05, 4.69) is 225 Å². The number of nitrogens with zero attached hydrogens (tertiary/aromatic N) is 2. The molecule has 8 aromatic carbocycles. The highest BCUT2D eigenvalue weighted by molar-refractivity contribution is 8.00. The van der Waals surface area contributed by atoms with Gasteiger partial charge in [0.1, 0.15) is 0 Å². The number of hydrogen-bond acceptors (Lipinski definition) is 4. The first-order chi connectivity index (χ1) is 31.0. The summed E-state index contributed by atoms with van der Waals surface area (Å²) in [7, 11) is 0.